The second kappa shape index (κ2) is 4.29. The molecule has 0 unspecified atom stereocenters. The van der Waals surface area contributed by atoms with Crippen LogP contribution < -0.4 is 5.32 Å². The molecule has 0 aromatic heterocycles. The van der Waals surface area contributed by atoms with Crippen LogP contribution in [-0.4, -0.2) is 37.6 Å². The zero-order valence-electron chi connectivity index (χ0n) is 6.14. The van der Waals surface area contributed by atoms with Crippen molar-refractivity contribution in [2.45, 2.75) is 0 Å². The smallest absolute Gasteiger partial charge is 0.0239 e. The molecule has 1 aliphatic heterocycles. The Morgan fingerprint density at radius 2 is 2.20 bits per heavy atom. The summed E-state index contributed by atoms with van der Waals surface area (Å²) < 4.78 is 0. The van der Waals surface area contributed by atoms with Gasteiger partial charge in [0.05, 0.1) is 0 Å². The molecule has 0 aromatic carbocycles. The van der Waals surface area contributed by atoms with E-state index in [0.29, 0.717) is 0 Å². The van der Waals surface area contributed by atoms with Gasteiger partial charge in [-0.05, 0) is 12.7 Å². The average molecular weight is 137 g/mol. The Labute approximate surface area is 62.2 Å². The lowest BCUT2D eigenvalue weighted by Gasteiger charge is -2.25. The van der Waals surface area contributed by atoms with Gasteiger partial charge in [-0.2, -0.15) is 0 Å². The lowest BCUT2D eigenvalue weighted by molar-refractivity contribution is 0.265. The summed E-state index contributed by atoms with van der Waals surface area (Å²) in [5.74, 6) is 0. The molecule has 1 saturated heterocycles. The van der Waals surface area contributed by atoms with E-state index in [1.807, 2.05) is 6.08 Å². The van der Waals surface area contributed by atoms with Crippen molar-refractivity contribution in [1.82, 2.24) is 10.2 Å². The van der Waals surface area contributed by atoms with Gasteiger partial charge in [0.15, 0.2) is 0 Å². The first-order valence-electron chi connectivity index (χ1n) is 3.64. The summed E-state index contributed by atoms with van der Waals surface area (Å²) in [6, 6.07) is 0. The molecular formula is C8H13N2. The lowest BCUT2D eigenvalue weighted by Crippen LogP contribution is -2.43. The highest BCUT2D eigenvalue weighted by Crippen LogP contribution is 1.90. The minimum absolute atomic E-state index is 0.943. The third kappa shape index (κ3) is 2.36. The molecule has 0 amide bonds. The van der Waals surface area contributed by atoms with Crippen LogP contribution in [0.5, 0.6) is 0 Å². The van der Waals surface area contributed by atoms with E-state index < -0.39 is 0 Å². The maximum Gasteiger partial charge on any atom is 0.0239 e. The first kappa shape index (κ1) is 7.55. The van der Waals surface area contributed by atoms with Crippen LogP contribution in [0.4, 0.5) is 0 Å². The average Bonchev–Trinajstić information content (AvgIpc) is 2.03. The van der Waals surface area contributed by atoms with Crippen molar-refractivity contribution in [2.75, 3.05) is 32.7 Å². The first-order chi connectivity index (χ1) is 4.93. The molecule has 1 fully saturated rings. The van der Waals surface area contributed by atoms with Gasteiger partial charge in [0, 0.05) is 32.7 Å². The van der Waals surface area contributed by atoms with Crippen molar-refractivity contribution in [3.05, 3.63) is 18.4 Å². The van der Waals surface area contributed by atoms with Gasteiger partial charge >= 0.3 is 0 Å². The summed E-state index contributed by atoms with van der Waals surface area (Å²) in [6.07, 6.45) is 1.87. The summed E-state index contributed by atoms with van der Waals surface area (Å²) >= 11 is 0. The van der Waals surface area contributed by atoms with Crippen molar-refractivity contribution in [3.8, 4) is 0 Å². The zero-order chi connectivity index (χ0) is 7.23. The second-order valence-corrected chi connectivity index (χ2v) is 2.42. The van der Waals surface area contributed by atoms with Crippen LogP contribution in [0.3, 0.4) is 0 Å². The van der Waals surface area contributed by atoms with Crippen LogP contribution in [0.2, 0.25) is 0 Å². The number of nitrogens with zero attached hydrogens (tertiary/aromatic N) is 1. The summed E-state index contributed by atoms with van der Waals surface area (Å²) in [6.45, 7) is 10.5. The largest absolute Gasteiger partial charge is 0.314 e. The maximum absolute atomic E-state index is 5.10. The third-order valence-corrected chi connectivity index (χ3v) is 1.68. The van der Waals surface area contributed by atoms with Crippen LogP contribution in [0, 0.1) is 6.58 Å². The molecule has 1 rings (SSSR count). The van der Waals surface area contributed by atoms with Crippen LogP contribution in [0.15, 0.2) is 11.8 Å². The quantitative estimate of drug-likeness (QED) is 0.540. The fourth-order valence-electron chi connectivity index (χ4n) is 1.08. The van der Waals surface area contributed by atoms with Crippen LogP contribution in [0.1, 0.15) is 0 Å². The van der Waals surface area contributed by atoms with Crippen molar-refractivity contribution in [1.29, 1.82) is 0 Å². The molecular weight excluding hydrogens is 124 g/mol. The number of hydrogen-bond acceptors (Lipinski definition) is 2. The van der Waals surface area contributed by atoms with Gasteiger partial charge in [-0.1, -0.05) is 0 Å². The van der Waals surface area contributed by atoms with E-state index in [1.165, 1.54) is 0 Å². The first-order valence-corrected chi connectivity index (χ1v) is 3.64. The molecule has 1 N–H and O–H groups in total. The highest BCUT2D eigenvalue weighted by Gasteiger charge is 2.05. The molecule has 0 aromatic rings. The highest BCUT2D eigenvalue weighted by molar-refractivity contribution is 4.80. The molecule has 1 radical (unpaired) electrons. The Hall–Kier alpha value is -0.560. The van der Waals surface area contributed by atoms with Crippen LogP contribution >= 0.6 is 0 Å². The SMILES string of the molecule is [CH]=C=CCN1CCNCC1. The third-order valence-electron chi connectivity index (χ3n) is 1.68. The van der Waals surface area contributed by atoms with Gasteiger partial charge in [0.25, 0.3) is 0 Å². The van der Waals surface area contributed by atoms with Gasteiger partial charge in [-0.3, -0.25) is 4.90 Å². The topological polar surface area (TPSA) is 15.3 Å². The van der Waals surface area contributed by atoms with Gasteiger partial charge in [-0.15, -0.1) is 5.73 Å². The molecule has 10 heavy (non-hydrogen) atoms. The second-order valence-electron chi connectivity index (χ2n) is 2.42. The number of piperazine rings is 1. The van der Waals surface area contributed by atoms with E-state index in [9.17, 15) is 0 Å². The molecule has 0 atom stereocenters. The fourth-order valence-corrected chi connectivity index (χ4v) is 1.08. The molecule has 2 nitrogen and oxygen atoms in total. The van der Waals surface area contributed by atoms with Gasteiger partial charge < -0.3 is 5.32 Å². The van der Waals surface area contributed by atoms with E-state index in [2.05, 4.69) is 15.9 Å². The molecule has 1 heterocycles. The van der Waals surface area contributed by atoms with Crippen molar-refractivity contribution >= 4 is 0 Å². The Morgan fingerprint density at radius 3 is 2.80 bits per heavy atom. The molecule has 0 spiro atoms. The standard InChI is InChI=1S/C8H13N2/c1-2-3-6-10-7-4-9-5-8-10/h1,3,9H,4-8H2. The van der Waals surface area contributed by atoms with Crippen molar-refractivity contribution < 1.29 is 0 Å². The van der Waals surface area contributed by atoms with E-state index in [4.69, 9.17) is 6.58 Å². The van der Waals surface area contributed by atoms with Gasteiger partial charge in [0.2, 0.25) is 0 Å². The Morgan fingerprint density at radius 1 is 1.50 bits per heavy atom. The van der Waals surface area contributed by atoms with Crippen molar-refractivity contribution in [2.24, 2.45) is 0 Å². The minimum atomic E-state index is 0.943. The predicted molar refractivity (Wildman–Crippen MR) is 41.7 cm³/mol. The van der Waals surface area contributed by atoms with Crippen LogP contribution in [0.25, 0.3) is 0 Å². The fraction of sp³-hybridized carbons (Fsp3) is 0.625. The summed E-state index contributed by atoms with van der Waals surface area (Å²) in [5.41, 5.74) is 2.53. The Bertz CT molecular complexity index is 130. The molecule has 55 valence electrons. The van der Waals surface area contributed by atoms with Gasteiger partial charge in [-0.25, -0.2) is 0 Å². The van der Waals surface area contributed by atoms with Gasteiger partial charge in [0.1, 0.15) is 0 Å². The predicted octanol–water partition coefficient (Wildman–Crippen LogP) is 0.0359. The highest BCUT2D eigenvalue weighted by atomic mass is 15.2. The summed E-state index contributed by atoms with van der Waals surface area (Å²) in [5, 5.41) is 3.28. The number of nitrogens with one attached hydrogen (secondary N) is 1. The molecule has 0 bridgehead atoms. The summed E-state index contributed by atoms with van der Waals surface area (Å²) in [7, 11) is 0. The van der Waals surface area contributed by atoms with E-state index in [0.717, 1.165) is 32.7 Å². The molecule has 1 aliphatic rings. The zero-order valence-corrected chi connectivity index (χ0v) is 6.14. The minimum Gasteiger partial charge on any atom is -0.314 e. The molecule has 2 heteroatoms. The van der Waals surface area contributed by atoms with Crippen LogP contribution in [-0.2, 0) is 0 Å². The van der Waals surface area contributed by atoms with E-state index in [1.54, 1.807) is 0 Å². The number of rotatable bonds is 2. The monoisotopic (exact) mass is 137 g/mol. The normalized spacial score (nSPS) is 20.0. The van der Waals surface area contributed by atoms with E-state index in [-0.39, 0.29) is 0 Å². The maximum atomic E-state index is 5.10. The lowest BCUT2D eigenvalue weighted by atomic mass is 10.3. The van der Waals surface area contributed by atoms with Crippen molar-refractivity contribution in [3.63, 3.8) is 0 Å². The molecule has 0 aliphatic carbocycles. The molecule has 0 saturated carbocycles. The Kier molecular flexibility index (Phi) is 3.23. The van der Waals surface area contributed by atoms with E-state index >= 15 is 0 Å². The Balaban J connectivity index is 2.19. The number of hydrogen-bond donors (Lipinski definition) is 1. The summed E-state index contributed by atoms with van der Waals surface area (Å²) in [4.78, 5) is 2.34.